The average molecular weight is 269 g/mol. The fourth-order valence-electron chi connectivity index (χ4n) is 1.99. The first kappa shape index (κ1) is 12.4. The number of H-pyrrole nitrogens is 1. The fraction of sp³-hybridized carbons (Fsp3) is 0.214. The molecule has 0 atom stereocenters. The van der Waals surface area contributed by atoms with Crippen LogP contribution in [0, 0.1) is 0 Å². The van der Waals surface area contributed by atoms with E-state index in [9.17, 15) is 4.79 Å². The van der Waals surface area contributed by atoms with Gasteiger partial charge in [-0.05, 0) is 17.5 Å². The number of anilines is 1. The number of hydrogen-bond acceptors (Lipinski definition) is 4. The lowest BCUT2D eigenvalue weighted by Crippen LogP contribution is -2.10. The lowest BCUT2D eigenvalue weighted by atomic mass is 10.1. The van der Waals surface area contributed by atoms with Crippen LogP contribution in [0.1, 0.15) is 18.1 Å². The molecule has 0 saturated heterocycles. The van der Waals surface area contributed by atoms with Gasteiger partial charge in [0, 0.05) is 12.6 Å². The van der Waals surface area contributed by atoms with Crippen LogP contribution in [0.25, 0.3) is 5.65 Å². The molecule has 0 unspecified atom stereocenters. The van der Waals surface area contributed by atoms with Gasteiger partial charge < -0.3 is 5.32 Å². The smallest absolute Gasteiger partial charge is 0.348 e. The van der Waals surface area contributed by atoms with Crippen molar-refractivity contribution in [3.63, 3.8) is 0 Å². The molecule has 0 amide bonds. The summed E-state index contributed by atoms with van der Waals surface area (Å²) in [5.41, 5.74) is 2.77. The van der Waals surface area contributed by atoms with Gasteiger partial charge in [-0.1, -0.05) is 31.2 Å². The van der Waals surface area contributed by atoms with Gasteiger partial charge in [0.05, 0.1) is 0 Å². The minimum atomic E-state index is -0.283. The summed E-state index contributed by atoms with van der Waals surface area (Å²) in [5, 5.41) is 9.50. The highest BCUT2D eigenvalue weighted by Crippen LogP contribution is 2.09. The Morgan fingerprint density at radius 3 is 2.75 bits per heavy atom. The van der Waals surface area contributed by atoms with Crippen LogP contribution in [0.15, 0.2) is 41.5 Å². The summed E-state index contributed by atoms with van der Waals surface area (Å²) >= 11 is 0. The summed E-state index contributed by atoms with van der Waals surface area (Å²) in [6.45, 7) is 2.82. The summed E-state index contributed by atoms with van der Waals surface area (Å²) < 4.78 is 1.36. The molecule has 2 heterocycles. The molecular weight excluding hydrogens is 254 g/mol. The van der Waals surface area contributed by atoms with Crippen LogP contribution in [-0.4, -0.2) is 19.6 Å². The van der Waals surface area contributed by atoms with Crippen molar-refractivity contribution in [3.05, 3.63) is 58.3 Å². The Hall–Kier alpha value is -2.63. The maximum atomic E-state index is 11.3. The quantitative estimate of drug-likeness (QED) is 0.754. The van der Waals surface area contributed by atoms with Gasteiger partial charge in [-0.25, -0.2) is 19.3 Å². The molecule has 2 aromatic heterocycles. The summed E-state index contributed by atoms with van der Waals surface area (Å²) in [4.78, 5) is 15.5. The largest absolute Gasteiger partial charge is 0.366 e. The first-order valence-corrected chi connectivity index (χ1v) is 6.51. The number of aryl methyl sites for hydroxylation is 1. The van der Waals surface area contributed by atoms with Gasteiger partial charge in [0.25, 0.3) is 0 Å². The molecule has 0 fully saturated rings. The predicted molar refractivity (Wildman–Crippen MR) is 76.8 cm³/mol. The first-order valence-electron chi connectivity index (χ1n) is 6.51. The minimum Gasteiger partial charge on any atom is -0.366 e. The van der Waals surface area contributed by atoms with Crippen LogP contribution >= 0.6 is 0 Å². The van der Waals surface area contributed by atoms with E-state index in [4.69, 9.17) is 0 Å². The Kier molecular flexibility index (Phi) is 3.20. The molecule has 3 rings (SSSR count). The summed E-state index contributed by atoms with van der Waals surface area (Å²) in [6.07, 6.45) is 2.50. The third-order valence-corrected chi connectivity index (χ3v) is 3.21. The summed E-state index contributed by atoms with van der Waals surface area (Å²) in [7, 11) is 0. The number of aromatic nitrogens is 4. The molecule has 0 aliphatic rings. The van der Waals surface area contributed by atoms with E-state index in [0.717, 1.165) is 6.42 Å². The van der Waals surface area contributed by atoms with Crippen molar-refractivity contribution in [1.82, 2.24) is 19.6 Å². The zero-order valence-corrected chi connectivity index (χ0v) is 11.1. The SMILES string of the molecule is CCc1ccc(CNc2cc3n[nH]c(=O)n3cn2)cc1. The lowest BCUT2D eigenvalue weighted by Gasteiger charge is -2.06. The van der Waals surface area contributed by atoms with Crippen molar-refractivity contribution < 1.29 is 0 Å². The zero-order chi connectivity index (χ0) is 13.9. The van der Waals surface area contributed by atoms with Crippen LogP contribution in [0.2, 0.25) is 0 Å². The predicted octanol–water partition coefficient (Wildman–Crippen LogP) is 1.59. The number of nitrogens with one attached hydrogen (secondary N) is 2. The van der Waals surface area contributed by atoms with E-state index >= 15 is 0 Å². The van der Waals surface area contributed by atoms with E-state index < -0.39 is 0 Å². The zero-order valence-electron chi connectivity index (χ0n) is 11.1. The highest BCUT2D eigenvalue weighted by Gasteiger charge is 2.02. The van der Waals surface area contributed by atoms with Crippen molar-refractivity contribution >= 4 is 11.5 Å². The molecule has 2 N–H and O–H groups in total. The number of aromatic amines is 1. The molecule has 6 nitrogen and oxygen atoms in total. The molecule has 0 bridgehead atoms. The van der Waals surface area contributed by atoms with E-state index in [-0.39, 0.29) is 5.69 Å². The molecule has 20 heavy (non-hydrogen) atoms. The number of nitrogens with zero attached hydrogens (tertiary/aromatic N) is 3. The van der Waals surface area contributed by atoms with Crippen LogP contribution in [0.5, 0.6) is 0 Å². The second kappa shape index (κ2) is 5.16. The molecule has 3 aromatic rings. The Bertz CT molecular complexity index is 772. The molecule has 0 aliphatic heterocycles. The molecule has 0 saturated carbocycles. The van der Waals surface area contributed by atoms with E-state index in [2.05, 4.69) is 51.7 Å². The third kappa shape index (κ3) is 2.40. The topological polar surface area (TPSA) is 75.1 Å². The molecule has 0 aliphatic carbocycles. The molecule has 0 spiro atoms. The average Bonchev–Trinajstić information content (AvgIpc) is 2.87. The highest BCUT2D eigenvalue weighted by molar-refractivity contribution is 5.48. The number of rotatable bonds is 4. The van der Waals surface area contributed by atoms with Crippen molar-refractivity contribution in [2.75, 3.05) is 5.32 Å². The highest BCUT2D eigenvalue weighted by atomic mass is 16.1. The van der Waals surface area contributed by atoms with Gasteiger partial charge in [0.1, 0.15) is 12.1 Å². The fourth-order valence-corrected chi connectivity index (χ4v) is 1.99. The van der Waals surface area contributed by atoms with Crippen LogP contribution < -0.4 is 11.0 Å². The maximum absolute atomic E-state index is 11.3. The minimum absolute atomic E-state index is 0.283. The van der Waals surface area contributed by atoms with Crippen LogP contribution in [0.4, 0.5) is 5.82 Å². The second-order valence-corrected chi connectivity index (χ2v) is 4.55. The van der Waals surface area contributed by atoms with E-state index in [1.165, 1.54) is 21.9 Å². The standard InChI is InChI=1S/C14H15N5O/c1-2-10-3-5-11(6-4-10)8-15-12-7-13-17-18-14(20)19(13)9-16-12/h3-7,9,15H,2,8H2,1H3,(H,18,20). The summed E-state index contributed by atoms with van der Waals surface area (Å²) in [6, 6.07) is 10.2. The van der Waals surface area contributed by atoms with Crippen molar-refractivity contribution in [2.24, 2.45) is 0 Å². The Balaban J connectivity index is 1.74. The third-order valence-electron chi connectivity index (χ3n) is 3.21. The normalized spacial score (nSPS) is 10.8. The van der Waals surface area contributed by atoms with Gasteiger partial charge in [-0.3, -0.25) is 0 Å². The van der Waals surface area contributed by atoms with Gasteiger partial charge in [-0.2, -0.15) is 5.10 Å². The van der Waals surface area contributed by atoms with Gasteiger partial charge in [-0.15, -0.1) is 0 Å². The molecule has 102 valence electrons. The monoisotopic (exact) mass is 269 g/mol. The number of hydrogen-bond donors (Lipinski definition) is 2. The van der Waals surface area contributed by atoms with Crippen molar-refractivity contribution in [3.8, 4) is 0 Å². The first-order chi connectivity index (χ1) is 9.76. The van der Waals surface area contributed by atoms with Gasteiger partial charge in [0.2, 0.25) is 0 Å². The molecular formula is C14H15N5O. The van der Waals surface area contributed by atoms with Crippen molar-refractivity contribution in [2.45, 2.75) is 19.9 Å². The number of benzene rings is 1. The van der Waals surface area contributed by atoms with Crippen LogP contribution in [-0.2, 0) is 13.0 Å². The molecule has 0 radical (unpaired) electrons. The summed E-state index contributed by atoms with van der Waals surface area (Å²) in [5.74, 6) is 0.691. The number of fused-ring (bicyclic) bond motifs is 1. The van der Waals surface area contributed by atoms with Crippen LogP contribution in [0.3, 0.4) is 0 Å². The second-order valence-electron chi connectivity index (χ2n) is 4.55. The maximum Gasteiger partial charge on any atom is 0.348 e. The molecule has 1 aromatic carbocycles. The Labute approximate surface area is 115 Å². The Morgan fingerprint density at radius 2 is 2.00 bits per heavy atom. The van der Waals surface area contributed by atoms with E-state index in [1.807, 2.05) is 0 Å². The van der Waals surface area contributed by atoms with E-state index in [0.29, 0.717) is 18.0 Å². The van der Waals surface area contributed by atoms with E-state index in [1.54, 1.807) is 6.07 Å². The molecule has 6 heteroatoms. The lowest BCUT2D eigenvalue weighted by molar-refractivity contribution is 0.990. The van der Waals surface area contributed by atoms with Gasteiger partial charge in [0.15, 0.2) is 5.65 Å². The Morgan fingerprint density at radius 1 is 1.25 bits per heavy atom. The van der Waals surface area contributed by atoms with Gasteiger partial charge >= 0.3 is 5.69 Å². The van der Waals surface area contributed by atoms with Crippen molar-refractivity contribution in [1.29, 1.82) is 0 Å².